The molecule has 1 unspecified atom stereocenters. The Hall–Kier alpha value is -3.46. The fraction of sp³-hybridized carbons (Fsp3) is 0.280. The van der Waals surface area contributed by atoms with Crippen LogP contribution in [0.1, 0.15) is 18.4 Å². The molecule has 1 saturated heterocycles. The van der Waals surface area contributed by atoms with E-state index >= 15 is 0 Å². The van der Waals surface area contributed by atoms with E-state index in [0.29, 0.717) is 41.3 Å². The van der Waals surface area contributed by atoms with Gasteiger partial charge in [0.1, 0.15) is 5.82 Å². The highest BCUT2D eigenvalue weighted by Crippen LogP contribution is 2.26. The van der Waals surface area contributed by atoms with Crippen molar-refractivity contribution in [2.24, 2.45) is 0 Å². The Kier molecular flexibility index (Phi) is 6.19. The van der Waals surface area contributed by atoms with E-state index < -0.39 is 0 Å². The van der Waals surface area contributed by atoms with Gasteiger partial charge >= 0.3 is 0 Å². The summed E-state index contributed by atoms with van der Waals surface area (Å²) in [6.07, 6.45) is 4.12. The SMILES string of the molecule is C=CCn1c(=O)c2ccccc2n2c(SCC(=O)N3CCCC3Cc3cccc(F)c3)nnc12. The molecule has 1 aliphatic rings. The maximum Gasteiger partial charge on any atom is 0.263 e. The Balaban J connectivity index is 1.39. The molecule has 0 N–H and O–H groups in total. The summed E-state index contributed by atoms with van der Waals surface area (Å²) < 4.78 is 16.9. The number of nitrogens with zero attached hydrogens (tertiary/aromatic N) is 5. The number of hydrogen-bond acceptors (Lipinski definition) is 5. The number of likely N-dealkylation sites (tertiary alicyclic amines) is 1. The first-order valence-corrected chi connectivity index (χ1v) is 12.2. The fourth-order valence-corrected chi connectivity index (χ4v) is 5.47. The van der Waals surface area contributed by atoms with Gasteiger partial charge in [0.15, 0.2) is 5.16 Å². The van der Waals surface area contributed by atoms with Crippen LogP contribution in [0.3, 0.4) is 0 Å². The second-order valence-electron chi connectivity index (χ2n) is 8.35. The first-order chi connectivity index (χ1) is 16.6. The highest BCUT2D eigenvalue weighted by molar-refractivity contribution is 7.99. The molecule has 34 heavy (non-hydrogen) atoms. The van der Waals surface area contributed by atoms with Crippen LogP contribution in [0.15, 0.2) is 71.1 Å². The smallest absolute Gasteiger partial charge is 0.263 e. The van der Waals surface area contributed by atoms with Crippen LogP contribution in [0.5, 0.6) is 0 Å². The number of halogens is 1. The van der Waals surface area contributed by atoms with Crippen molar-refractivity contribution in [1.82, 2.24) is 24.1 Å². The number of hydrogen-bond donors (Lipinski definition) is 0. The zero-order valence-corrected chi connectivity index (χ0v) is 19.4. The van der Waals surface area contributed by atoms with Gasteiger partial charge in [-0.2, -0.15) is 0 Å². The molecule has 4 aromatic rings. The standard InChI is InChI=1S/C25H24FN5O2S/c1-2-12-30-23(33)20-10-3-4-11-21(20)31-24(30)27-28-25(31)34-16-22(32)29-13-6-9-19(29)15-17-7-5-8-18(26)14-17/h2-5,7-8,10-11,14,19H,1,6,9,12-13,15-16H2. The summed E-state index contributed by atoms with van der Waals surface area (Å²) in [5.74, 6) is 0.382. The summed E-state index contributed by atoms with van der Waals surface area (Å²) >= 11 is 1.31. The molecule has 1 amide bonds. The number of benzene rings is 2. The van der Waals surface area contributed by atoms with Crippen LogP contribution in [0, 0.1) is 5.82 Å². The van der Waals surface area contributed by atoms with Gasteiger partial charge in [-0.05, 0) is 49.1 Å². The van der Waals surface area contributed by atoms with E-state index in [2.05, 4.69) is 16.8 Å². The topological polar surface area (TPSA) is 72.5 Å². The van der Waals surface area contributed by atoms with E-state index in [-0.39, 0.29) is 29.1 Å². The summed E-state index contributed by atoms with van der Waals surface area (Å²) in [6.45, 7) is 4.75. The minimum atomic E-state index is -0.259. The molecule has 0 spiro atoms. The number of para-hydroxylation sites is 1. The van der Waals surface area contributed by atoms with E-state index in [1.165, 1.54) is 28.5 Å². The van der Waals surface area contributed by atoms with Gasteiger partial charge in [-0.25, -0.2) is 4.39 Å². The Morgan fingerprint density at radius 2 is 2.06 bits per heavy atom. The van der Waals surface area contributed by atoms with E-state index in [9.17, 15) is 14.0 Å². The van der Waals surface area contributed by atoms with Crippen LogP contribution in [-0.2, 0) is 17.8 Å². The lowest BCUT2D eigenvalue weighted by molar-refractivity contribution is -0.129. The monoisotopic (exact) mass is 477 g/mol. The molecule has 0 aliphatic carbocycles. The van der Waals surface area contributed by atoms with Crippen molar-refractivity contribution in [3.05, 3.63) is 82.9 Å². The zero-order valence-electron chi connectivity index (χ0n) is 18.6. The number of carbonyl (C=O) groups excluding carboxylic acids is 1. The first kappa shape index (κ1) is 22.3. The average molecular weight is 478 g/mol. The third-order valence-electron chi connectivity index (χ3n) is 6.17. The number of aromatic nitrogens is 4. The molecule has 7 nitrogen and oxygen atoms in total. The van der Waals surface area contributed by atoms with Crippen LogP contribution in [0.4, 0.5) is 4.39 Å². The molecule has 3 heterocycles. The fourth-order valence-electron chi connectivity index (χ4n) is 4.64. The minimum absolute atomic E-state index is 0.0179. The van der Waals surface area contributed by atoms with Gasteiger partial charge in [-0.1, -0.05) is 42.1 Å². The number of allylic oxidation sites excluding steroid dienone is 1. The molecule has 174 valence electrons. The Morgan fingerprint density at radius 1 is 1.21 bits per heavy atom. The predicted molar refractivity (Wildman–Crippen MR) is 131 cm³/mol. The molecule has 2 aromatic carbocycles. The third kappa shape index (κ3) is 4.11. The summed E-state index contributed by atoms with van der Waals surface area (Å²) in [5, 5.41) is 9.65. The molecule has 9 heteroatoms. The lowest BCUT2D eigenvalue weighted by atomic mass is 10.0. The van der Waals surface area contributed by atoms with Crippen molar-refractivity contribution < 1.29 is 9.18 Å². The average Bonchev–Trinajstić information content (AvgIpc) is 3.47. The zero-order chi connectivity index (χ0) is 23.7. The summed E-state index contributed by atoms with van der Waals surface area (Å²) in [4.78, 5) is 28.0. The van der Waals surface area contributed by atoms with Gasteiger partial charge < -0.3 is 4.90 Å². The van der Waals surface area contributed by atoms with Crippen molar-refractivity contribution in [2.45, 2.75) is 37.0 Å². The Labute approximate surface area is 199 Å². The molecule has 0 saturated carbocycles. The third-order valence-corrected chi connectivity index (χ3v) is 7.09. The normalized spacial score (nSPS) is 15.9. The van der Waals surface area contributed by atoms with Gasteiger partial charge in [0, 0.05) is 19.1 Å². The van der Waals surface area contributed by atoms with Crippen LogP contribution >= 0.6 is 11.8 Å². The molecule has 1 fully saturated rings. The lowest BCUT2D eigenvalue weighted by Crippen LogP contribution is -2.38. The van der Waals surface area contributed by atoms with Crippen molar-refractivity contribution in [1.29, 1.82) is 0 Å². The van der Waals surface area contributed by atoms with Crippen LogP contribution < -0.4 is 5.56 Å². The van der Waals surface area contributed by atoms with Crippen molar-refractivity contribution in [2.75, 3.05) is 12.3 Å². The molecule has 1 atom stereocenters. The predicted octanol–water partition coefficient (Wildman–Crippen LogP) is 3.70. The van der Waals surface area contributed by atoms with Gasteiger partial charge in [0.05, 0.1) is 16.7 Å². The van der Waals surface area contributed by atoms with Gasteiger partial charge in [0.25, 0.3) is 5.56 Å². The number of fused-ring (bicyclic) bond motifs is 3. The Morgan fingerprint density at radius 3 is 2.88 bits per heavy atom. The second kappa shape index (κ2) is 9.42. The van der Waals surface area contributed by atoms with Crippen molar-refractivity contribution >= 4 is 34.3 Å². The van der Waals surface area contributed by atoms with Crippen LogP contribution in [0.2, 0.25) is 0 Å². The highest BCUT2D eigenvalue weighted by Gasteiger charge is 2.29. The van der Waals surface area contributed by atoms with E-state index in [1.807, 2.05) is 33.6 Å². The number of amides is 1. The highest BCUT2D eigenvalue weighted by atomic mass is 32.2. The van der Waals surface area contributed by atoms with Crippen molar-refractivity contribution in [3.8, 4) is 0 Å². The van der Waals surface area contributed by atoms with E-state index in [0.717, 1.165) is 18.4 Å². The first-order valence-electron chi connectivity index (χ1n) is 11.2. The molecule has 5 rings (SSSR count). The Bertz CT molecular complexity index is 1450. The quantitative estimate of drug-likeness (QED) is 0.300. The van der Waals surface area contributed by atoms with Crippen molar-refractivity contribution in [3.63, 3.8) is 0 Å². The van der Waals surface area contributed by atoms with Crippen LogP contribution in [0.25, 0.3) is 16.7 Å². The molecule has 0 radical (unpaired) electrons. The molecule has 0 bridgehead atoms. The van der Waals surface area contributed by atoms with E-state index in [1.54, 1.807) is 18.2 Å². The number of thioether (sulfide) groups is 1. The summed E-state index contributed by atoms with van der Waals surface area (Å²) in [5.41, 5.74) is 1.45. The molecule has 2 aromatic heterocycles. The largest absolute Gasteiger partial charge is 0.339 e. The molecule has 1 aliphatic heterocycles. The molecular formula is C25H24FN5O2S. The molecular weight excluding hydrogens is 453 g/mol. The van der Waals surface area contributed by atoms with E-state index in [4.69, 9.17) is 0 Å². The summed E-state index contributed by atoms with van der Waals surface area (Å²) in [6, 6.07) is 13.9. The maximum atomic E-state index is 13.6. The number of rotatable bonds is 7. The van der Waals surface area contributed by atoms with Gasteiger partial charge in [-0.15, -0.1) is 16.8 Å². The van der Waals surface area contributed by atoms with Crippen LogP contribution in [-0.4, -0.2) is 48.3 Å². The van der Waals surface area contributed by atoms with Gasteiger partial charge in [-0.3, -0.25) is 18.6 Å². The number of carbonyl (C=O) groups is 1. The second-order valence-corrected chi connectivity index (χ2v) is 9.29. The lowest BCUT2D eigenvalue weighted by Gasteiger charge is -2.24. The van der Waals surface area contributed by atoms with Gasteiger partial charge in [0.2, 0.25) is 11.7 Å². The maximum absolute atomic E-state index is 13.6. The minimum Gasteiger partial charge on any atom is -0.339 e. The summed E-state index contributed by atoms with van der Waals surface area (Å²) in [7, 11) is 0.